The third-order valence-corrected chi connectivity index (χ3v) is 3.31. The molecule has 3 aromatic rings. The number of nitrogens with two attached hydrogens (primary N) is 1. The van der Waals surface area contributed by atoms with Crippen molar-refractivity contribution in [3.05, 3.63) is 30.6 Å². The maximum Gasteiger partial charge on any atom is 0.322 e. The van der Waals surface area contributed by atoms with Gasteiger partial charge >= 0.3 is 6.03 Å². The minimum atomic E-state index is -0.330. The summed E-state index contributed by atoms with van der Waals surface area (Å²) in [6.07, 6.45) is 3.05. The largest absolute Gasteiger partial charge is 0.399 e. The van der Waals surface area contributed by atoms with E-state index in [0.29, 0.717) is 11.2 Å². The number of aromatic nitrogens is 5. The Labute approximate surface area is 136 Å². The van der Waals surface area contributed by atoms with Gasteiger partial charge in [0.25, 0.3) is 5.91 Å². The molecule has 0 unspecified atom stereocenters. The summed E-state index contributed by atoms with van der Waals surface area (Å²) in [4.78, 5) is 25.3. The van der Waals surface area contributed by atoms with E-state index in [-0.39, 0.29) is 24.3 Å². The van der Waals surface area contributed by atoms with Crippen LogP contribution in [-0.4, -0.2) is 55.7 Å². The number of anilines is 2. The van der Waals surface area contributed by atoms with Crippen LogP contribution in [0.1, 0.15) is 4.79 Å². The van der Waals surface area contributed by atoms with Crippen molar-refractivity contribution in [1.29, 1.82) is 0 Å². The van der Waals surface area contributed by atoms with Gasteiger partial charge in [-0.2, -0.15) is 9.78 Å². The summed E-state index contributed by atoms with van der Waals surface area (Å²) in [7, 11) is 3.22. The molecule has 0 saturated heterocycles. The third kappa shape index (κ3) is 3.02. The molecule has 24 heavy (non-hydrogen) atoms. The molecule has 0 aliphatic rings. The monoisotopic (exact) mass is 328 g/mol. The van der Waals surface area contributed by atoms with Gasteiger partial charge in [0, 0.05) is 25.2 Å². The molecule has 3 N–H and O–H groups in total. The Morgan fingerprint density at radius 2 is 2.12 bits per heavy atom. The number of carbonyl (C=O) groups is 2. The van der Waals surface area contributed by atoms with Crippen LogP contribution in [0.3, 0.4) is 0 Å². The van der Waals surface area contributed by atoms with Gasteiger partial charge in [-0.1, -0.05) is 5.21 Å². The highest BCUT2D eigenvalue weighted by molar-refractivity contribution is 5.92. The number of rotatable bonds is 3. The zero-order chi connectivity index (χ0) is 17.3. The molecule has 3 rings (SSSR count). The summed E-state index contributed by atoms with van der Waals surface area (Å²) in [5, 5.41) is 15.0. The van der Waals surface area contributed by atoms with Gasteiger partial charge in [0.1, 0.15) is 6.54 Å². The lowest BCUT2D eigenvalue weighted by molar-refractivity contribution is 0.0875. The molecule has 10 nitrogen and oxygen atoms in total. The number of urea groups is 1. The first-order valence-electron chi connectivity index (χ1n) is 7.09. The molecule has 0 bridgehead atoms. The van der Waals surface area contributed by atoms with Crippen LogP contribution in [0.4, 0.5) is 16.3 Å². The number of nitrogens with one attached hydrogen (secondary N) is 1. The predicted molar refractivity (Wildman–Crippen MR) is 87.5 cm³/mol. The Morgan fingerprint density at radius 1 is 1.33 bits per heavy atom. The number of carbonyl (C=O) groups excluding carboxylic acids is 2. The molecule has 0 aliphatic heterocycles. The van der Waals surface area contributed by atoms with E-state index < -0.39 is 0 Å². The topological polar surface area (TPSA) is 124 Å². The van der Waals surface area contributed by atoms with Crippen LogP contribution in [0.15, 0.2) is 30.6 Å². The van der Waals surface area contributed by atoms with Crippen molar-refractivity contribution >= 4 is 34.3 Å². The average Bonchev–Trinajstić information content (AvgIpc) is 3.13. The maximum atomic E-state index is 12.4. The quantitative estimate of drug-likeness (QED) is 0.680. The summed E-state index contributed by atoms with van der Waals surface area (Å²) < 4.78 is 2.62. The van der Waals surface area contributed by atoms with Crippen molar-refractivity contribution in [2.45, 2.75) is 6.54 Å². The van der Waals surface area contributed by atoms with E-state index in [4.69, 9.17) is 5.73 Å². The zero-order valence-corrected chi connectivity index (χ0v) is 13.2. The van der Waals surface area contributed by atoms with Gasteiger partial charge in [-0.05, 0) is 18.2 Å². The van der Waals surface area contributed by atoms with Crippen LogP contribution in [0, 0.1) is 0 Å². The molecule has 0 aliphatic carbocycles. The van der Waals surface area contributed by atoms with Gasteiger partial charge in [-0.3, -0.25) is 10.1 Å². The zero-order valence-electron chi connectivity index (χ0n) is 13.2. The van der Waals surface area contributed by atoms with Crippen molar-refractivity contribution in [2.24, 2.45) is 0 Å². The lowest BCUT2D eigenvalue weighted by Crippen LogP contribution is -2.27. The predicted octanol–water partition coefficient (Wildman–Crippen LogP) is 0.644. The number of hydrogen-bond donors (Lipinski definition) is 2. The number of amides is 2. The molecular weight excluding hydrogens is 312 g/mol. The highest BCUT2D eigenvalue weighted by Gasteiger charge is 2.13. The van der Waals surface area contributed by atoms with E-state index in [1.807, 2.05) is 0 Å². The minimum absolute atomic E-state index is 0.0635. The third-order valence-electron chi connectivity index (χ3n) is 3.31. The second-order valence-electron chi connectivity index (χ2n) is 5.39. The highest BCUT2D eigenvalue weighted by Crippen LogP contribution is 2.17. The molecule has 0 radical (unpaired) electrons. The summed E-state index contributed by atoms with van der Waals surface area (Å²) in [6, 6.07) is 4.86. The Morgan fingerprint density at radius 3 is 2.88 bits per heavy atom. The van der Waals surface area contributed by atoms with Gasteiger partial charge in [0.05, 0.1) is 17.9 Å². The molecule has 124 valence electrons. The summed E-state index contributed by atoms with van der Waals surface area (Å²) >= 11 is 0. The standard InChI is InChI=1S/C14H16N8O2/c1-20(2)14(24)17-12-7-21(19-18-12)8-13(23)22-11-4-3-10(15)5-9(11)6-16-22/h3-7H,8,15H2,1-2H3,(H,17,24). The first-order chi connectivity index (χ1) is 11.4. The van der Waals surface area contributed by atoms with Gasteiger partial charge in [-0.15, -0.1) is 5.10 Å². The molecule has 2 amide bonds. The fraction of sp³-hybridized carbons (Fsp3) is 0.214. The lowest BCUT2D eigenvalue weighted by atomic mass is 10.2. The van der Waals surface area contributed by atoms with Crippen molar-refractivity contribution < 1.29 is 9.59 Å². The van der Waals surface area contributed by atoms with Crippen LogP contribution in [0.25, 0.3) is 10.9 Å². The summed E-state index contributed by atoms with van der Waals surface area (Å²) in [6.45, 7) is -0.0635. The van der Waals surface area contributed by atoms with Gasteiger partial charge < -0.3 is 10.6 Å². The van der Waals surface area contributed by atoms with Gasteiger partial charge in [0.2, 0.25) is 0 Å². The molecule has 0 fully saturated rings. The molecular formula is C14H16N8O2. The number of nitrogen functional groups attached to an aromatic ring is 1. The Bertz CT molecular complexity index is 911. The van der Waals surface area contributed by atoms with Crippen molar-refractivity contribution in [3.8, 4) is 0 Å². The average molecular weight is 328 g/mol. The second-order valence-corrected chi connectivity index (χ2v) is 5.39. The maximum absolute atomic E-state index is 12.4. The first kappa shape index (κ1) is 15.5. The van der Waals surface area contributed by atoms with E-state index >= 15 is 0 Å². The molecule has 0 saturated carbocycles. The molecule has 2 heterocycles. The molecule has 0 spiro atoms. The Kier molecular flexibility index (Phi) is 3.86. The van der Waals surface area contributed by atoms with Gasteiger partial charge in [0.15, 0.2) is 5.82 Å². The van der Waals surface area contributed by atoms with E-state index in [1.54, 1.807) is 38.5 Å². The molecule has 10 heteroatoms. The van der Waals surface area contributed by atoms with Crippen LogP contribution in [0.5, 0.6) is 0 Å². The van der Waals surface area contributed by atoms with Gasteiger partial charge in [-0.25, -0.2) is 9.48 Å². The number of hydrogen-bond acceptors (Lipinski definition) is 6. The van der Waals surface area contributed by atoms with Crippen LogP contribution in [0.2, 0.25) is 0 Å². The van der Waals surface area contributed by atoms with Crippen molar-refractivity contribution in [3.63, 3.8) is 0 Å². The van der Waals surface area contributed by atoms with Crippen molar-refractivity contribution in [1.82, 2.24) is 29.7 Å². The SMILES string of the molecule is CN(C)C(=O)Nc1cn(CC(=O)n2ncc3cc(N)ccc32)nn1. The van der Waals surface area contributed by atoms with E-state index in [9.17, 15) is 9.59 Å². The second kappa shape index (κ2) is 5.99. The van der Waals surface area contributed by atoms with E-state index in [2.05, 4.69) is 20.7 Å². The van der Waals surface area contributed by atoms with Crippen LogP contribution < -0.4 is 11.1 Å². The summed E-state index contributed by atoms with van der Waals surface area (Å²) in [5.41, 5.74) is 6.98. The fourth-order valence-electron chi connectivity index (χ4n) is 2.11. The highest BCUT2D eigenvalue weighted by atomic mass is 16.2. The van der Waals surface area contributed by atoms with E-state index in [0.717, 1.165) is 5.39 Å². The molecule has 2 aromatic heterocycles. The Balaban J connectivity index is 1.75. The number of nitrogens with zero attached hydrogens (tertiary/aromatic N) is 6. The lowest BCUT2D eigenvalue weighted by Gasteiger charge is -2.08. The number of benzene rings is 1. The Hall–Kier alpha value is -3.43. The first-order valence-corrected chi connectivity index (χ1v) is 7.09. The van der Waals surface area contributed by atoms with Crippen LogP contribution >= 0.6 is 0 Å². The smallest absolute Gasteiger partial charge is 0.322 e. The summed E-state index contributed by atoms with van der Waals surface area (Å²) in [5.74, 6) is -0.0234. The van der Waals surface area contributed by atoms with Crippen molar-refractivity contribution in [2.75, 3.05) is 25.1 Å². The molecule has 1 aromatic carbocycles. The molecule has 0 atom stereocenters. The van der Waals surface area contributed by atoms with Crippen LogP contribution in [-0.2, 0) is 6.54 Å². The number of fused-ring (bicyclic) bond motifs is 1. The van der Waals surface area contributed by atoms with E-state index in [1.165, 1.54) is 20.5 Å². The minimum Gasteiger partial charge on any atom is -0.399 e. The normalized spacial score (nSPS) is 10.8. The fourth-order valence-corrected chi connectivity index (χ4v) is 2.11.